The van der Waals surface area contributed by atoms with Gasteiger partial charge in [-0.15, -0.1) is 0 Å². The Morgan fingerprint density at radius 1 is 1.39 bits per heavy atom. The minimum atomic E-state index is -0.0735. The Kier molecular flexibility index (Phi) is 2.47. The molecule has 1 fully saturated rings. The minimum absolute atomic E-state index is 0.0735. The van der Waals surface area contributed by atoms with Crippen molar-refractivity contribution in [2.75, 3.05) is 14.1 Å². The number of fused-ring (bicyclic) bond motifs is 1. The molecular weight excluding hydrogens is 226 g/mol. The number of nitrogens with zero attached hydrogens (tertiary/aromatic N) is 2. The Morgan fingerprint density at radius 3 is 2.72 bits per heavy atom. The Hall–Kier alpha value is -1.39. The SMILES string of the molecule is Cc1nc2cc(C(N(C)C)C3(N)CC3)ccc2o1. The number of likely N-dealkylation sites (N-methyl/N-ethyl adjacent to an activating group) is 1. The van der Waals surface area contributed by atoms with E-state index in [4.69, 9.17) is 10.2 Å². The molecule has 0 saturated heterocycles. The molecule has 1 aliphatic carbocycles. The van der Waals surface area contributed by atoms with Crippen LogP contribution in [0.3, 0.4) is 0 Å². The third-order valence-electron chi connectivity index (χ3n) is 3.72. The number of oxazole rings is 1. The van der Waals surface area contributed by atoms with Gasteiger partial charge in [0.05, 0.1) is 6.04 Å². The fraction of sp³-hybridized carbons (Fsp3) is 0.500. The minimum Gasteiger partial charge on any atom is -0.441 e. The largest absolute Gasteiger partial charge is 0.441 e. The van der Waals surface area contributed by atoms with Crippen molar-refractivity contribution in [1.29, 1.82) is 0 Å². The van der Waals surface area contributed by atoms with Gasteiger partial charge < -0.3 is 15.1 Å². The van der Waals surface area contributed by atoms with Gasteiger partial charge >= 0.3 is 0 Å². The van der Waals surface area contributed by atoms with E-state index in [9.17, 15) is 0 Å². The Labute approximate surface area is 107 Å². The van der Waals surface area contributed by atoms with Crippen LogP contribution in [0.2, 0.25) is 0 Å². The van der Waals surface area contributed by atoms with E-state index in [2.05, 4.69) is 36.1 Å². The Morgan fingerprint density at radius 2 is 2.11 bits per heavy atom. The summed E-state index contributed by atoms with van der Waals surface area (Å²) in [5.74, 6) is 0.706. The van der Waals surface area contributed by atoms with Crippen molar-refractivity contribution in [1.82, 2.24) is 9.88 Å². The Balaban J connectivity index is 2.06. The second-order valence-corrected chi connectivity index (χ2v) is 5.56. The maximum Gasteiger partial charge on any atom is 0.192 e. The lowest BCUT2D eigenvalue weighted by Crippen LogP contribution is -2.39. The van der Waals surface area contributed by atoms with Crippen molar-refractivity contribution in [3.05, 3.63) is 29.7 Å². The van der Waals surface area contributed by atoms with Crippen LogP contribution in [-0.4, -0.2) is 29.5 Å². The molecule has 18 heavy (non-hydrogen) atoms. The molecule has 1 atom stereocenters. The molecule has 0 radical (unpaired) electrons. The summed E-state index contributed by atoms with van der Waals surface area (Å²) in [6.45, 7) is 1.87. The zero-order valence-corrected chi connectivity index (χ0v) is 11.1. The van der Waals surface area contributed by atoms with E-state index in [1.165, 1.54) is 5.56 Å². The molecule has 1 aromatic carbocycles. The third-order valence-corrected chi connectivity index (χ3v) is 3.72. The highest BCUT2D eigenvalue weighted by Gasteiger charge is 2.47. The van der Waals surface area contributed by atoms with E-state index >= 15 is 0 Å². The van der Waals surface area contributed by atoms with Gasteiger partial charge in [0.25, 0.3) is 0 Å². The standard InChI is InChI=1S/C14H19N3O/c1-9-16-11-8-10(4-5-12(11)18-9)13(17(2)3)14(15)6-7-14/h4-5,8,13H,6-7,15H2,1-3H3. The van der Waals surface area contributed by atoms with E-state index < -0.39 is 0 Å². The molecule has 4 nitrogen and oxygen atoms in total. The second-order valence-electron chi connectivity index (χ2n) is 5.56. The molecule has 2 aromatic rings. The summed E-state index contributed by atoms with van der Waals surface area (Å²) in [7, 11) is 4.16. The molecule has 96 valence electrons. The first-order valence-corrected chi connectivity index (χ1v) is 6.32. The van der Waals surface area contributed by atoms with E-state index in [0.717, 1.165) is 23.9 Å². The highest BCUT2D eigenvalue weighted by molar-refractivity contribution is 5.73. The van der Waals surface area contributed by atoms with Crippen molar-refractivity contribution < 1.29 is 4.42 Å². The first-order valence-electron chi connectivity index (χ1n) is 6.32. The molecule has 3 rings (SSSR count). The smallest absolute Gasteiger partial charge is 0.192 e. The van der Waals surface area contributed by atoms with E-state index in [-0.39, 0.29) is 11.6 Å². The van der Waals surface area contributed by atoms with Crippen molar-refractivity contribution in [2.24, 2.45) is 5.73 Å². The quantitative estimate of drug-likeness (QED) is 0.901. The van der Waals surface area contributed by atoms with Crippen LogP contribution in [0.4, 0.5) is 0 Å². The fourth-order valence-corrected chi connectivity index (χ4v) is 2.79. The van der Waals surface area contributed by atoms with Gasteiger partial charge in [-0.25, -0.2) is 4.98 Å². The summed E-state index contributed by atoms with van der Waals surface area (Å²) in [6.07, 6.45) is 2.18. The van der Waals surface area contributed by atoms with Gasteiger partial charge in [0, 0.05) is 12.5 Å². The number of benzene rings is 1. The van der Waals surface area contributed by atoms with Crippen molar-refractivity contribution in [2.45, 2.75) is 31.3 Å². The van der Waals surface area contributed by atoms with Gasteiger partial charge in [-0.2, -0.15) is 0 Å². The van der Waals surface area contributed by atoms with Crippen LogP contribution in [0.15, 0.2) is 22.6 Å². The van der Waals surface area contributed by atoms with Crippen LogP contribution in [0.1, 0.15) is 30.3 Å². The summed E-state index contributed by atoms with van der Waals surface area (Å²) in [5, 5.41) is 0. The van der Waals surface area contributed by atoms with Crippen LogP contribution < -0.4 is 5.73 Å². The summed E-state index contributed by atoms with van der Waals surface area (Å²) in [6, 6.07) is 6.44. The first-order chi connectivity index (χ1) is 8.49. The highest BCUT2D eigenvalue weighted by Crippen LogP contribution is 2.46. The fourth-order valence-electron chi connectivity index (χ4n) is 2.79. The Bertz CT molecular complexity index is 584. The average Bonchev–Trinajstić information content (AvgIpc) is 2.89. The topological polar surface area (TPSA) is 55.3 Å². The molecule has 2 N–H and O–H groups in total. The average molecular weight is 245 g/mol. The first kappa shape index (κ1) is 11.7. The molecule has 1 saturated carbocycles. The number of aryl methyl sites for hydroxylation is 1. The summed E-state index contributed by atoms with van der Waals surface area (Å²) in [4.78, 5) is 6.59. The van der Waals surface area contributed by atoms with Gasteiger partial charge in [0.15, 0.2) is 11.5 Å². The molecule has 0 spiro atoms. The zero-order chi connectivity index (χ0) is 12.9. The summed E-state index contributed by atoms with van der Waals surface area (Å²) in [5.41, 5.74) is 9.30. The van der Waals surface area contributed by atoms with Crippen molar-refractivity contribution >= 4 is 11.1 Å². The normalized spacial score (nSPS) is 19.4. The molecule has 0 bridgehead atoms. The number of hydrogen-bond acceptors (Lipinski definition) is 4. The lowest BCUT2D eigenvalue weighted by molar-refractivity contribution is 0.246. The molecule has 0 amide bonds. The number of nitrogens with two attached hydrogens (primary N) is 1. The summed E-state index contributed by atoms with van der Waals surface area (Å²) < 4.78 is 5.51. The third kappa shape index (κ3) is 1.82. The number of rotatable bonds is 3. The van der Waals surface area contributed by atoms with Gasteiger partial charge in [0.2, 0.25) is 0 Å². The lowest BCUT2D eigenvalue weighted by atomic mass is 9.96. The van der Waals surface area contributed by atoms with Crippen LogP contribution in [0, 0.1) is 6.92 Å². The molecular formula is C14H19N3O. The predicted molar refractivity (Wildman–Crippen MR) is 71.3 cm³/mol. The van der Waals surface area contributed by atoms with Gasteiger partial charge in [-0.05, 0) is 44.6 Å². The summed E-state index contributed by atoms with van der Waals surface area (Å²) >= 11 is 0. The highest BCUT2D eigenvalue weighted by atomic mass is 16.3. The van der Waals surface area contributed by atoms with Crippen LogP contribution in [0.5, 0.6) is 0 Å². The molecule has 0 aliphatic heterocycles. The van der Waals surface area contributed by atoms with Crippen molar-refractivity contribution in [3.8, 4) is 0 Å². The number of hydrogen-bond donors (Lipinski definition) is 1. The van der Waals surface area contributed by atoms with Gasteiger partial charge in [0.1, 0.15) is 5.52 Å². The molecule has 4 heteroatoms. The zero-order valence-electron chi connectivity index (χ0n) is 11.1. The van der Waals surface area contributed by atoms with E-state index in [1.54, 1.807) is 0 Å². The lowest BCUT2D eigenvalue weighted by Gasteiger charge is -2.30. The van der Waals surface area contributed by atoms with E-state index in [0.29, 0.717) is 5.89 Å². The number of aromatic nitrogens is 1. The van der Waals surface area contributed by atoms with Crippen LogP contribution in [-0.2, 0) is 0 Å². The molecule has 1 heterocycles. The maximum absolute atomic E-state index is 6.39. The van der Waals surface area contributed by atoms with Gasteiger partial charge in [-0.3, -0.25) is 0 Å². The maximum atomic E-state index is 6.39. The molecule has 1 unspecified atom stereocenters. The van der Waals surface area contributed by atoms with Crippen molar-refractivity contribution in [3.63, 3.8) is 0 Å². The monoisotopic (exact) mass is 245 g/mol. The van der Waals surface area contributed by atoms with Gasteiger partial charge in [-0.1, -0.05) is 6.07 Å². The molecule has 1 aromatic heterocycles. The van der Waals surface area contributed by atoms with E-state index in [1.807, 2.05) is 13.0 Å². The van der Waals surface area contributed by atoms with Crippen LogP contribution in [0.25, 0.3) is 11.1 Å². The second kappa shape index (κ2) is 3.80. The molecule has 1 aliphatic rings. The van der Waals surface area contributed by atoms with Crippen LogP contribution >= 0.6 is 0 Å². The predicted octanol–water partition coefficient (Wildman–Crippen LogP) is 2.23.